The Morgan fingerprint density at radius 1 is 1.29 bits per heavy atom. The van der Waals surface area contributed by atoms with Crippen LogP contribution in [0.2, 0.25) is 0 Å². The molecule has 2 unspecified atom stereocenters. The lowest BCUT2D eigenvalue weighted by atomic mass is 9.76. The predicted molar refractivity (Wildman–Crippen MR) is 57.3 cm³/mol. The first-order valence-corrected chi connectivity index (χ1v) is 5.73. The third kappa shape index (κ3) is 1.95. The van der Waals surface area contributed by atoms with Crippen LogP contribution in [0.5, 0.6) is 0 Å². The quantitative estimate of drug-likeness (QED) is 0.579. The number of hydrogen-bond donors (Lipinski definition) is 3. The van der Waals surface area contributed by atoms with Crippen molar-refractivity contribution in [2.75, 3.05) is 13.1 Å². The van der Waals surface area contributed by atoms with Crippen molar-refractivity contribution in [2.24, 2.45) is 0 Å². The zero-order chi connectivity index (χ0) is 10.2. The van der Waals surface area contributed by atoms with Crippen LogP contribution in [0.25, 0.3) is 0 Å². The molecule has 0 radical (unpaired) electrons. The molecule has 2 aliphatic rings. The second kappa shape index (κ2) is 3.47. The van der Waals surface area contributed by atoms with E-state index in [1.165, 1.54) is 6.42 Å². The average molecular weight is 198 g/mol. The van der Waals surface area contributed by atoms with Crippen molar-refractivity contribution in [2.45, 2.75) is 56.7 Å². The number of nitrogens with one attached hydrogen (secondary N) is 2. The Balaban J connectivity index is 2.06. The SMILES string of the molecule is CC1(C)CC(O)(C2CCCN2)CCN1. The largest absolute Gasteiger partial charge is 0.388 e. The minimum Gasteiger partial charge on any atom is -0.388 e. The Morgan fingerprint density at radius 3 is 2.64 bits per heavy atom. The molecule has 0 aromatic rings. The molecule has 3 N–H and O–H groups in total. The number of hydrogen-bond acceptors (Lipinski definition) is 3. The van der Waals surface area contributed by atoms with Gasteiger partial charge in [0, 0.05) is 11.6 Å². The molecule has 0 amide bonds. The summed E-state index contributed by atoms with van der Waals surface area (Å²) in [5.41, 5.74) is -0.400. The molecule has 2 aliphatic heterocycles. The minimum atomic E-state index is -0.481. The number of piperidine rings is 1. The van der Waals surface area contributed by atoms with Gasteiger partial charge in [-0.3, -0.25) is 0 Å². The smallest absolute Gasteiger partial charge is 0.0829 e. The maximum Gasteiger partial charge on any atom is 0.0829 e. The third-order valence-electron chi connectivity index (χ3n) is 3.62. The maximum atomic E-state index is 10.6. The first-order chi connectivity index (χ1) is 6.52. The van der Waals surface area contributed by atoms with E-state index in [1.807, 2.05) is 0 Å². The molecule has 3 nitrogen and oxygen atoms in total. The highest BCUT2D eigenvalue weighted by molar-refractivity contribution is 5.03. The summed E-state index contributed by atoms with van der Waals surface area (Å²) < 4.78 is 0. The molecule has 2 heterocycles. The van der Waals surface area contributed by atoms with Crippen molar-refractivity contribution < 1.29 is 5.11 Å². The van der Waals surface area contributed by atoms with Gasteiger partial charge in [0.2, 0.25) is 0 Å². The molecule has 0 aromatic carbocycles. The molecule has 0 aliphatic carbocycles. The van der Waals surface area contributed by atoms with Crippen LogP contribution in [0.15, 0.2) is 0 Å². The lowest BCUT2D eigenvalue weighted by Gasteiger charge is -2.45. The molecular formula is C11H22N2O. The molecule has 2 rings (SSSR count). The second-order valence-corrected chi connectivity index (χ2v) is 5.49. The Labute approximate surface area is 86.3 Å². The predicted octanol–water partition coefficient (Wildman–Crippen LogP) is 0.632. The third-order valence-corrected chi connectivity index (χ3v) is 3.62. The summed E-state index contributed by atoms with van der Waals surface area (Å²) in [7, 11) is 0. The van der Waals surface area contributed by atoms with Gasteiger partial charge in [-0.1, -0.05) is 0 Å². The molecule has 0 bridgehead atoms. The zero-order valence-electron chi connectivity index (χ0n) is 9.27. The highest BCUT2D eigenvalue weighted by Crippen LogP contribution is 2.33. The van der Waals surface area contributed by atoms with Crippen molar-refractivity contribution in [3.05, 3.63) is 0 Å². The average Bonchev–Trinajstić information content (AvgIpc) is 2.52. The van der Waals surface area contributed by atoms with E-state index in [9.17, 15) is 5.11 Å². The van der Waals surface area contributed by atoms with Gasteiger partial charge in [0.1, 0.15) is 0 Å². The topological polar surface area (TPSA) is 44.3 Å². The van der Waals surface area contributed by atoms with Crippen LogP contribution in [0.1, 0.15) is 39.5 Å². The standard InChI is InChI=1S/C11H22N2O/c1-10(2)8-11(14,5-7-13-10)9-4-3-6-12-9/h9,12-14H,3-8H2,1-2H3. The lowest BCUT2D eigenvalue weighted by molar-refractivity contribution is -0.0463. The first-order valence-electron chi connectivity index (χ1n) is 5.73. The van der Waals surface area contributed by atoms with Crippen LogP contribution in [-0.4, -0.2) is 35.4 Å². The fourth-order valence-electron chi connectivity index (χ4n) is 2.97. The van der Waals surface area contributed by atoms with E-state index in [0.717, 1.165) is 32.4 Å². The minimum absolute atomic E-state index is 0.0806. The Morgan fingerprint density at radius 2 is 2.07 bits per heavy atom. The van der Waals surface area contributed by atoms with E-state index in [1.54, 1.807) is 0 Å². The van der Waals surface area contributed by atoms with Gasteiger partial charge in [-0.15, -0.1) is 0 Å². The van der Waals surface area contributed by atoms with Crippen molar-refractivity contribution in [3.8, 4) is 0 Å². The van der Waals surface area contributed by atoms with Gasteiger partial charge in [0.25, 0.3) is 0 Å². The summed E-state index contributed by atoms with van der Waals surface area (Å²) in [5, 5.41) is 17.5. The molecular weight excluding hydrogens is 176 g/mol. The van der Waals surface area contributed by atoms with Gasteiger partial charge in [-0.2, -0.15) is 0 Å². The molecule has 0 saturated carbocycles. The fraction of sp³-hybridized carbons (Fsp3) is 1.00. The van der Waals surface area contributed by atoms with E-state index in [4.69, 9.17) is 0 Å². The Hall–Kier alpha value is -0.120. The van der Waals surface area contributed by atoms with Crippen LogP contribution in [0.3, 0.4) is 0 Å². The van der Waals surface area contributed by atoms with Crippen molar-refractivity contribution in [1.29, 1.82) is 0 Å². The monoisotopic (exact) mass is 198 g/mol. The van der Waals surface area contributed by atoms with Gasteiger partial charge in [-0.25, -0.2) is 0 Å². The van der Waals surface area contributed by atoms with Gasteiger partial charge in [0.05, 0.1) is 5.60 Å². The van der Waals surface area contributed by atoms with Crippen molar-refractivity contribution in [1.82, 2.24) is 10.6 Å². The Bertz CT molecular complexity index is 211. The molecule has 82 valence electrons. The summed E-state index contributed by atoms with van der Waals surface area (Å²) in [6, 6.07) is 0.323. The van der Waals surface area contributed by atoms with E-state index in [0.29, 0.717) is 6.04 Å². The Kier molecular flexibility index (Phi) is 2.58. The number of rotatable bonds is 1. The molecule has 3 heteroatoms. The molecule has 2 fully saturated rings. The fourth-order valence-corrected chi connectivity index (χ4v) is 2.97. The van der Waals surface area contributed by atoms with Crippen LogP contribution < -0.4 is 10.6 Å². The molecule has 0 spiro atoms. The molecule has 2 saturated heterocycles. The van der Waals surface area contributed by atoms with E-state index in [2.05, 4.69) is 24.5 Å². The van der Waals surface area contributed by atoms with E-state index >= 15 is 0 Å². The van der Waals surface area contributed by atoms with Gasteiger partial charge < -0.3 is 15.7 Å². The highest BCUT2D eigenvalue weighted by atomic mass is 16.3. The van der Waals surface area contributed by atoms with Crippen LogP contribution >= 0.6 is 0 Å². The van der Waals surface area contributed by atoms with E-state index in [-0.39, 0.29) is 5.54 Å². The van der Waals surface area contributed by atoms with Gasteiger partial charge in [-0.05, 0) is 52.6 Å². The van der Waals surface area contributed by atoms with Gasteiger partial charge in [0.15, 0.2) is 0 Å². The summed E-state index contributed by atoms with van der Waals surface area (Å²) in [4.78, 5) is 0. The summed E-state index contributed by atoms with van der Waals surface area (Å²) >= 11 is 0. The lowest BCUT2D eigenvalue weighted by Crippen LogP contribution is -2.60. The first kappa shape index (κ1) is 10.4. The molecule has 14 heavy (non-hydrogen) atoms. The van der Waals surface area contributed by atoms with Crippen molar-refractivity contribution >= 4 is 0 Å². The molecule has 0 aromatic heterocycles. The summed E-state index contributed by atoms with van der Waals surface area (Å²) in [5.74, 6) is 0. The van der Waals surface area contributed by atoms with Crippen LogP contribution in [-0.2, 0) is 0 Å². The zero-order valence-corrected chi connectivity index (χ0v) is 9.27. The van der Waals surface area contributed by atoms with Gasteiger partial charge >= 0.3 is 0 Å². The highest BCUT2D eigenvalue weighted by Gasteiger charge is 2.44. The maximum absolute atomic E-state index is 10.6. The van der Waals surface area contributed by atoms with E-state index < -0.39 is 5.60 Å². The summed E-state index contributed by atoms with van der Waals surface area (Å²) in [6.45, 7) is 6.35. The van der Waals surface area contributed by atoms with Crippen LogP contribution in [0, 0.1) is 0 Å². The summed E-state index contributed by atoms with van der Waals surface area (Å²) in [6.07, 6.45) is 4.08. The van der Waals surface area contributed by atoms with Crippen molar-refractivity contribution in [3.63, 3.8) is 0 Å². The molecule has 2 atom stereocenters. The van der Waals surface area contributed by atoms with Crippen LogP contribution in [0.4, 0.5) is 0 Å². The second-order valence-electron chi connectivity index (χ2n) is 5.49. The number of aliphatic hydroxyl groups is 1. The normalized spacial score (nSPS) is 42.6.